The van der Waals surface area contributed by atoms with Crippen molar-refractivity contribution in [3.63, 3.8) is 0 Å². The van der Waals surface area contributed by atoms with Crippen LogP contribution in [0.3, 0.4) is 0 Å². The zero-order valence-electron chi connectivity index (χ0n) is 22.1. The Morgan fingerprint density at radius 1 is 1.00 bits per heavy atom. The van der Waals surface area contributed by atoms with Gasteiger partial charge in [0.2, 0.25) is 0 Å². The van der Waals surface area contributed by atoms with Gasteiger partial charge in [0.25, 0.3) is 11.8 Å². The van der Waals surface area contributed by atoms with Gasteiger partial charge in [-0.15, -0.1) is 6.58 Å². The lowest BCUT2D eigenvalue weighted by atomic mass is 10.0. The Kier molecular flexibility index (Phi) is 9.63. The average molecular weight is 596 g/mol. The molecule has 0 unspecified atom stereocenters. The van der Waals surface area contributed by atoms with Gasteiger partial charge in [0, 0.05) is 21.2 Å². The highest BCUT2D eigenvalue weighted by molar-refractivity contribution is 7.80. The van der Waals surface area contributed by atoms with Crippen LogP contribution in [0.5, 0.6) is 11.5 Å². The van der Waals surface area contributed by atoms with Crippen molar-refractivity contribution in [2.75, 3.05) is 11.5 Å². The van der Waals surface area contributed by atoms with Gasteiger partial charge in [-0.2, -0.15) is 0 Å². The fraction of sp³-hybridized carbons (Fsp3) is 0.194. The summed E-state index contributed by atoms with van der Waals surface area (Å²) in [6.07, 6.45) is 4.59. The molecule has 3 aromatic carbocycles. The number of allylic oxidation sites excluding steroid dienone is 1. The second-order valence-corrected chi connectivity index (χ2v) is 10.2. The molecule has 6 nitrogen and oxygen atoms in total. The molecule has 3 aromatic rings. The Hall–Kier alpha value is -3.65. The first-order chi connectivity index (χ1) is 19.2. The van der Waals surface area contributed by atoms with E-state index in [-0.39, 0.29) is 17.3 Å². The maximum absolute atomic E-state index is 13.5. The number of anilines is 1. The number of halogens is 2. The molecule has 1 saturated heterocycles. The van der Waals surface area contributed by atoms with Crippen LogP contribution in [0.4, 0.5) is 5.69 Å². The molecule has 0 bridgehead atoms. The van der Waals surface area contributed by atoms with Crippen molar-refractivity contribution < 1.29 is 19.1 Å². The predicted molar refractivity (Wildman–Crippen MR) is 164 cm³/mol. The summed E-state index contributed by atoms with van der Waals surface area (Å²) in [5.41, 5.74) is 3.76. The molecule has 9 heteroatoms. The predicted octanol–water partition coefficient (Wildman–Crippen LogP) is 7.09. The molecule has 0 spiro atoms. The number of nitrogens with zero attached hydrogens (tertiary/aromatic N) is 1. The summed E-state index contributed by atoms with van der Waals surface area (Å²) in [4.78, 5) is 27.7. The molecule has 0 radical (unpaired) electrons. The van der Waals surface area contributed by atoms with Crippen molar-refractivity contribution in [3.8, 4) is 11.5 Å². The lowest BCUT2D eigenvalue weighted by Gasteiger charge is -2.29. The van der Waals surface area contributed by atoms with Gasteiger partial charge < -0.3 is 9.47 Å². The third-order valence-electron chi connectivity index (χ3n) is 6.22. The van der Waals surface area contributed by atoms with Crippen LogP contribution in [-0.4, -0.2) is 23.5 Å². The number of rotatable bonds is 10. The van der Waals surface area contributed by atoms with E-state index >= 15 is 0 Å². The van der Waals surface area contributed by atoms with E-state index in [1.54, 1.807) is 30.3 Å². The Morgan fingerprint density at radius 3 is 2.40 bits per heavy atom. The van der Waals surface area contributed by atoms with Crippen LogP contribution in [0.25, 0.3) is 6.08 Å². The minimum absolute atomic E-state index is 0.0309. The zero-order chi connectivity index (χ0) is 28.8. The maximum Gasteiger partial charge on any atom is 0.270 e. The van der Waals surface area contributed by atoms with Crippen LogP contribution in [0.2, 0.25) is 10.0 Å². The molecule has 0 atom stereocenters. The second kappa shape index (κ2) is 13.1. The van der Waals surface area contributed by atoms with E-state index in [1.807, 2.05) is 44.2 Å². The summed E-state index contributed by atoms with van der Waals surface area (Å²) >= 11 is 17.7. The summed E-state index contributed by atoms with van der Waals surface area (Å²) in [6.45, 7) is 8.33. The van der Waals surface area contributed by atoms with Gasteiger partial charge in [0.1, 0.15) is 12.2 Å². The van der Waals surface area contributed by atoms with Gasteiger partial charge >= 0.3 is 0 Å². The monoisotopic (exact) mass is 594 g/mol. The molecule has 1 aliphatic heterocycles. The molecular weight excluding hydrogens is 567 g/mol. The highest BCUT2D eigenvalue weighted by Crippen LogP contribution is 2.36. The van der Waals surface area contributed by atoms with Crippen LogP contribution in [0.15, 0.2) is 72.8 Å². The van der Waals surface area contributed by atoms with Crippen LogP contribution in [0, 0.1) is 0 Å². The fourth-order valence-corrected chi connectivity index (χ4v) is 4.97. The van der Waals surface area contributed by atoms with Crippen LogP contribution in [-0.2, 0) is 29.0 Å². The second-order valence-electron chi connectivity index (χ2n) is 8.94. The van der Waals surface area contributed by atoms with Crippen molar-refractivity contribution in [2.24, 2.45) is 0 Å². The number of ether oxygens (including phenoxy) is 2. The van der Waals surface area contributed by atoms with E-state index < -0.39 is 11.8 Å². The van der Waals surface area contributed by atoms with Crippen molar-refractivity contribution in [1.82, 2.24) is 5.32 Å². The topological polar surface area (TPSA) is 67.9 Å². The van der Waals surface area contributed by atoms with Gasteiger partial charge in [-0.3, -0.25) is 19.8 Å². The normalized spacial score (nSPS) is 14.3. The molecule has 40 heavy (non-hydrogen) atoms. The SMILES string of the molecule is C=CCc1cc(/C=C2\C(=O)NC(=S)N(c3ccc(CC)cc3)C2=O)cc(OCC)c1OCc1ccc(Cl)cc1Cl. The summed E-state index contributed by atoms with van der Waals surface area (Å²) < 4.78 is 12.1. The first kappa shape index (κ1) is 29.3. The third-order valence-corrected chi connectivity index (χ3v) is 7.09. The molecule has 1 aliphatic rings. The number of carbonyl (C=O) groups is 2. The van der Waals surface area contributed by atoms with Gasteiger partial charge in [-0.05, 0) is 85.6 Å². The maximum atomic E-state index is 13.5. The Labute approximate surface area is 249 Å². The van der Waals surface area contributed by atoms with Crippen molar-refractivity contribution in [2.45, 2.75) is 33.3 Å². The molecule has 206 valence electrons. The van der Waals surface area contributed by atoms with Crippen LogP contribution in [0.1, 0.15) is 36.1 Å². The molecule has 1 heterocycles. The number of aryl methyl sites for hydroxylation is 1. The number of thiocarbonyl (C=S) groups is 1. The van der Waals surface area contributed by atoms with Crippen molar-refractivity contribution >= 4 is 64.1 Å². The van der Waals surface area contributed by atoms with E-state index in [0.717, 1.165) is 23.1 Å². The van der Waals surface area contributed by atoms with Crippen molar-refractivity contribution in [3.05, 3.63) is 105 Å². The summed E-state index contributed by atoms with van der Waals surface area (Å²) in [6, 6.07) is 16.3. The number of benzene rings is 3. The van der Waals surface area contributed by atoms with Gasteiger partial charge in [0.15, 0.2) is 16.6 Å². The fourth-order valence-electron chi connectivity index (χ4n) is 4.23. The summed E-state index contributed by atoms with van der Waals surface area (Å²) in [5, 5.41) is 3.69. The van der Waals surface area contributed by atoms with Crippen LogP contribution < -0.4 is 19.7 Å². The molecule has 1 N–H and O–H groups in total. The van der Waals surface area contributed by atoms with E-state index in [1.165, 1.54) is 11.0 Å². The molecule has 4 rings (SSSR count). The Morgan fingerprint density at radius 2 is 1.75 bits per heavy atom. The number of amides is 2. The average Bonchev–Trinajstić information content (AvgIpc) is 2.92. The molecular formula is C31H28Cl2N2O4S. The Bertz CT molecular complexity index is 1500. The zero-order valence-corrected chi connectivity index (χ0v) is 24.5. The number of carbonyl (C=O) groups excluding carboxylic acids is 2. The molecule has 0 aromatic heterocycles. The first-order valence-electron chi connectivity index (χ1n) is 12.7. The first-order valence-corrected chi connectivity index (χ1v) is 13.9. The molecule has 0 aliphatic carbocycles. The molecule has 1 fully saturated rings. The summed E-state index contributed by atoms with van der Waals surface area (Å²) in [7, 11) is 0. The highest BCUT2D eigenvalue weighted by Gasteiger charge is 2.34. The minimum Gasteiger partial charge on any atom is -0.490 e. The van der Waals surface area contributed by atoms with E-state index in [4.69, 9.17) is 44.9 Å². The quantitative estimate of drug-likeness (QED) is 0.117. The minimum atomic E-state index is -0.572. The Balaban J connectivity index is 1.71. The smallest absolute Gasteiger partial charge is 0.270 e. The number of hydrogen-bond acceptors (Lipinski definition) is 5. The van der Waals surface area contributed by atoms with E-state index in [9.17, 15) is 9.59 Å². The largest absolute Gasteiger partial charge is 0.490 e. The van der Waals surface area contributed by atoms with E-state index in [0.29, 0.717) is 45.8 Å². The third kappa shape index (κ3) is 6.55. The molecule has 0 saturated carbocycles. The van der Waals surface area contributed by atoms with Crippen molar-refractivity contribution in [1.29, 1.82) is 0 Å². The van der Waals surface area contributed by atoms with E-state index in [2.05, 4.69) is 11.9 Å². The molecule has 2 amide bonds. The standard InChI is InChI=1S/C31H28Cl2N2O4S/c1-4-7-21-14-20(16-27(38-6-3)28(21)39-18-22-10-11-23(32)17-26(22)33)15-25-29(36)34-31(40)35(30(25)37)24-12-8-19(5-2)9-13-24/h4,8-17H,1,5-7,18H2,2-3H3,(H,34,36,40)/b25-15+. The highest BCUT2D eigenvalue weighted by atomic mass is 35.5. The lowest BCUT2D eigenvalue weighted by molar-refractivity contribution is -0.122. The lowest BCUT2D eigenvalue weighted by Crippen LogP contribution is -2.54. The van der Waals surface area contributed by atoms with Gasteiger partial charge in [0.05, 0.1) is 12.3 Å². The van der Waals surface area contributed by atoms with Crippen LogP contribution >= 0.6 is 35.4 Å². The van der Waals surface area contributed by atoms with Gasteiger partial charge in [-0.1, -0.05) is 54.4 Å². The number of nitrogens with one attached hydrogen (secondary N) is 1. The van der Waals surface area contributed by atoms with Gasteiger partial charge in [-0.25, -0.2) is 0 Å². The number of hydrogen-bond donors (Lipinski definition) is 1. The summed E-state index contributed by atoms with van der Waals surface area (Å²) in [5.74, 6) is -0.102.